The molecular weight excluding hydrogens is 301 g/mol. The van der Waals surface area contributed by atoms with Gasteiger partial charge in [0.15, 0.2) is 11.7 Å². The first-order valence-electron chi connectivity index (χ1n) is 6.99. The van der Waals surface area contributed by atoms with Crippen molar-refractivity contribution in [3.63, 3.8) is 0 Å². The minimum Gasteiger partial charge on any atom is -0.370 e. The van der Waals surface area contributed by atoms with E-state index < -0.39 is 11.9 Å². The van der Waals surface area contributed by atoms with Crippen LogP contribution in [-0.2, 0) is 12.6 Å². The Morgan fingerprint density at radius 1 is 1.38 bits per heavy atom. The van der Waals surface area contributed by atoms with Gasteiger partial charge < -0.3 is 11.1 Å². The number of hydrogen-bond acceptors (Lipinski definition) is 3. The number of unbranched alkanes of at least 4 members (excludes halogenated alkanes) is 3. The summed E-state index contributed by atoms with van der Waals surface area (Å²) in [5.74, 6) is 0.332. The monoisotopic (exact) mass is 322 g/mol. The van der Waals surface area contributed by atoms with Gasteiger partial charge in [0.25, 0.3) is 0 Å². The van der Waals surface area contributed by atoms with Crippen molar-refractivity contribution in [3.8, 4) is 0 Å². The number of aliphatic imine (C=N–C) groups is 1. The highest BCUT2D eigenvalue weighted by molar-refractivity contribution is 7.09. The van der Waals surface area contributed by atoms with Gasteiger partial charge in [0, 0.05) is 24.9 Å². The quantitative estimate of drug-likeness (QED) is 0.439. The van der Waals surface area contributed by atoms with Crippen molar-refractivity contribution in [2.45, 2.75) is 45.2 Å². The molecule has 0 spiro atoms. The SMILES string of the molecule is CCCCCCN=C(N)NCCc1nc(C(F)(F)F)cs1. The predicted molar refractivity (Wildman–Crippen MR) is 79.5 cm³/mol. The van der Waals surface area contributed by atoms with Crippen LogP contribution in [0.4, 0.5) is 13.2 Å². The summed E-state index contributed by atoms with van der Waals surface area (Å²) in [6.07, 6.45) is 0.512. The summed E-state index contributed by atoms with van der Waals surface area (Å²) in [5, 5.41) is 4.35. The molecule has 0 radical (unpaired) electrons. The van der Waals surface area contributed by atoms with E-state index in [9.17, 15) is 13.2 Å². The number of thiazole rings is 1. The molecule has 1 aromatic rings. The van der Waals surface area contributed by atoms with E-state index in [0.717, 1.165) is 29.6 Å². The fraction of sp³-hybridized carbons (Fsp3) is 0.692. The Labute approximate surface area is 126 Å². The van der Waals surface area contributed by atoms with Crippen LogP contribution in [0.5, 0.6) is 0 Å². The van der Waals surface area contributed by atoms with Gasteiger partial charge in [-0.25, -0.2) is 4.98 Å². The lowest BCUT2D eigenvalue weighted by Crippen LogP contribution is -2.33. The van der Waals surface area contributed by atoms with Gasteiger partial charge in [0.2, 0.25) is 0 Å². The van der Waals surface area contributed by atoms with Crippen LogP contribution in [0.1, 0.15) is 43.3 Å². The second kappa shape index (κ2) is 8.86. The molecular formula is C13H21F3N4S. The molecule has 8 heteroatoms. The van der Waals surface area contributed by atoms with Crippen LogP contribution >= 0.6 is 11.3 Å². The molecule has 0 aromatic carbocycles. The van der Waals surface area contributed by atoms with Gasteiger partial charge in [-0.3, -0.25) is 4.99 Å². The maximum absolute atomic E-state index is 12.4. The fourth-order valence-electron chi connectivity index (χ4n) is 1.65. The summed E-state index contributed by atoms with van der Waals surface area (Å²) in [6, 6.07) is 0. The van der Waals surface area contributed by atoms with Crippen molar-refractivity contribution in [3.05, 3.63) is 16.1 Å². The van der Waals surface area contributed by atoms with Gasteiger partial charge in [-0.2, -0.15) is 13.2 Å². The van der Waals surface area contributed by atoms with E-state index in [-0.39, 0.29) is 0 Å². The second-order valence-electron chi connectivity index (χ2n) is 4.63. The Balaban J connectivity index is 2.23. The van der Waals surface area contributed by atoms with Crippen molar-refractivity contribution in [2.24, 2.45) is 10.7 Å². The molecule has 0 saturated heterocycles. The molecule has 3 N–H and O–H groups in total. The molecule has 0 aliphatic carbocycles. The van der Waals surface area contributed by atoms with Gasteiger partial charge in [-0.15, -0.1) is 11.3 Å². The summed E-state index contributed by atoms with van der Waals surface area (Å²) in [4.78, 5) is 7.71. The highest BCUT2D eigenvalue weighted by atomic mass is 32.1. The number of rotatable bonds is 8. The van der Waals surface area contributed by atoms with E-state index in [4.69, 9.17) is 5.73 Å². The number of hydrogen-bond donors (Lipinski definition) is 2. The first-order valence-corrected chi connectivity index (χ1v) is 7.87. The predicted octanol–water partition coefficient (Wildman–Crippen LogP) is 3.19. The zero-order valence-corrected chi connectivity index (χ0v) is 12.9. The molecule has 1 aromatic heterocycles. The van der Waals surface area contributed by atoms with Crippen molar-refractivity contribution in [2.75, 3.05) is 13.1 Å². The van der Waals surface area contributed by atoms with Crippen LogP contribution in [0.25, 0.3) is 0 Å². The zero-order chi connectivity index (χ0) is 15.7. The van der Waals surface area contributed by atoms with E-state index >= 15 is 0 Å². The average Bonchev–Trinajstić information content (AvgIpc) is 2.87. The lowest BCUT2D eigenvalue weighted by molar-refractivity contribution is -0.140. The van der Waals surface area contributed by atoms with Crippen LogP contribution in [0.15, 0.2) is 10.4 Å². The van der Waals surface area contributed by atoms with E-state index in [1.54, 1.807) is 0 Å². The van der Waals surface area contributed by atoms with Crippen LogP contribution < -0.4 is 11.1 Å². The van der Waals surface area contributed by atoms with Gasteiger partial charge in [0.1, 0.15) is 0 Å². The molecule has 0 aliphatic rings. The van der Waals surface area contributed by atoms with E-state index in [2.05, 4.69) is 22.2 Å². The molecule has 0 unspecified atom stereocenters. The topological polar surface area (TPSA) is 63.3 Å². The van der Waals surface area contributed by atoms with Gasteiger partial charge in [-0.1, -0.05) is 26.2 Å². The number of halogens is 3. The second-order valence-corrected chi connectivity index (χ2v) is 5.57. The highest BCUT2D eigenvalue weighted by Crippen LogP contribution is 2.29. The first kappa shape index (κ1) is 17.7. The summed E-state index contributed by atoms with van der Waals surface area (Å²) in [6.45, 7) is 3.24. The standard InChI is InChI=1S/C13H21F3N4S/c1-2-3-4-5-7-18-12(17)19-8-6-11-20-10(9-21-11)13(14,15)16/h9H,2-8H2,1H3,(H3,17,18,19). The number of nitrogens with two attached hydrogens (primary N) is 1. The molecule has 0 amide bonds. The van der Waals surface area contributed by atoms with Crippen LogP contribution in [0.3, 0.4) is 0 Å². The minimum absolute atomic E-state index is 0.332. The minimum atomic E-state index is -4.37. The zero-order valence-electron chi connectivity index (χ0n) is 12.0. The Morgan fingerprint density at radius 2 is 2.14 bits per heavy atom. The maximum Gasteiger partial charge on any atom is 0.434 e. The number of nitrogens with one attached hydrogen (secondary N) is 1. The van der Waals surface area contributed by atoms with E-state index in [0.29, 0.717) is 30.5 Å². The average molecular weight is 322 g/mol. The molecule has 21 heavy (non-hydrogen) atoms. The molecule has 0 saturated carbocycles. The fourth-order valence-corrected chi connectivity index (χ4v) is 2.45. The summed E-state index contributed by atoms with van der Waals surface area (Å²) < 4.78 is 37.1. The largest absolute Gasteiger partial charge is 0.434 e. The first-order chi connectivity index (χ1) is 9.93. The molecule has 120 valence electrons. The molecule has 0 aliphatic heterocycles. The van der Waals surface area contributed by atoms with E-state index in [1.165, 1.54) is 12.8 Å². The Morgan fingerprint density at radius 3 is 2.76 bits per heavy atom. The van der Waals surface area contributed by atoms with Crippen LogP contribution in [0, 0.1) is 0 Å². The van der Waals surface area contributed by atoms with Gasteiger partial charge in [-0.05, 0) is 6.42 Å². The molecule has 0 atom stereocenters. The maximum atomic E-state index is 12.4. The normalized spacial score (nSPS) is 12.7. The highest BCUT2D eigenvalue weighted by Gasteiger charge is 2.33. The molecule has 1 rings (SSSR count). The summed E-state index contributed by atoms with van der Waals surface area (Å²) in [5.41, 5.74) is 4.84. The Hall–Kier alpha value is -1.31. The molecule has 1 heterocycles. The molecule has 4 nitrogen and oxygen atoms in total. The summed E-state index contributed by atoms with van der Waals surface area (Å²) in [7, 11) is 0. The van der Waals surface area contributed by atoms with Gasteiger partial charge >= 0.3 is 6.18 Å². The van der Waals surface area contributed by atoms with E-state index in [1.807, 2.05) is 0 Å². The number of aromatic nitrogens is 1. The lowest BCUT2D eigenvalue weighted by atomic mass is 10.2. The number of nitrogens with zero attached hydrogens (tertiary/aromatic N) is 2. The van der Waals surface area contributed by atoms with Crippen LogP contribution in [-0.4, -0.2) is 24.0 Å². The Kier molecular flexibility index (Phi) is 7.49. The van der Waals surface area contributed by atoms with Crippen molar-refractivity contribution in [1.82, 2.24) is 10.3 Å². The molecule has 0 fully saturated rings. The Bertz CT molecular complexity index is 443. The molecule has 0 bridgehead atoms. The lowest BCUT2D eigenvalue weighted by Gasteiger charge is -2.04. The van der Waals surface area contributed by atoms with Crippen molar-refractivity contribution >= 4 is 17.3 Å². The summed E-state index contributed by atoms with van der Waals surface area (Å²) >= 11 is 1.00. The smallest absolute Gasteiger partial charge is 0.370 e. The third kappa shape index (κ3) is 7.31. The van der Waals surface area contributed by atoms with Gasteiger partial charge in [0.05, 0.1) is 5.01 Å². The van der Waals surface area contributed by atoms with Crippen LogP contribution in [0.2, 0.25) is 0 Å². The number of alkyl halides is 3. The van der Waals surface area contributed by atoms with Crippen molar-refractivity contribution < 1.29 is 13.2 Å². The van der Waals surface area contributed by atoms with Crippen molar-refractivity contribution in [1.29, 1.82) is 0 Å². The third-order valence-corrected chi connectivity index (χ3v) is 3.69. The third-order valence-electron chi connectivity index (χ3n) is 2.78. The number of guanidine groups is 1.